The van der Waals surface area contributed by atoms with Gasteiger partial charge in [0.15, 0.2) is 17.3 Å². The maximum absolute atomic E-state index is 12.7. The van der Waals surface area contributed by atoms with E-state index in [0.29, 0.717) is 29.5 Å². The van der Waals surface area contributed by atoms with Gasteiger partial charge in [0.05, 0.1) is 5.69 Å². The molecule has 1 aliphatic heterocycles. The minimum Gasteiger partial charge on any atom is -0.454 e. The summed E-state index contributed by atoms with van der Waals surface area (Å²) < 4.78 is 12.2. The molecule has 2 heterocycles. The summed E-state index contributed by atoms with van der Waals surface area (Å²) in [5, 5.41) is 3.11. The molecule has 1 N–H and O–H groups in total. The highest BCUT2D eigenvalue weighted by molar-refractivity contribution is 5.50. The standard InChI is InChI=1S/C19H17N3O3/c1-13-2-4-14(5-3-13)11-21-18-19(23)22(9-8-20-18)15-6-7-16-17(10-15)25-12-24-16/h2-10H,11-12H2,1H3,(H,20,21). The number of hydrogen-bond donors (Lipinski definition) is 1. The van der Waals surface area contributed by atoms with E-state index in [4.69, 9.17) is 9.47 Å². The quantitative estimate of drug-likeness (QED) is 0.794. The van der Waals surface area contributed by atoms with Crippen LogP contribution in [-0.2, 0) is 6.54 Å². The Morgan fingerprint density at radius 1 is 1.12 bits per heavy atom. The fourth-order valence-electron chi connectivity index (χ4n) is 2.66. The van der Waals surface area contributed by atoms with Gasteiger partial charge in [-0.3, -0.25) is 9.36 Å². The Labute approximate surface area is 144 Å². The third-order valence-electron chi connectivity index (χ3n) is 4.06. The number of hydrogen-bond acceptors (Lipinski definition) is 5. The van der Waals surface area contributed by atoms with Gasteiger partial charge >= 0.3 is 0 Å². The molecule has 25 heavy (non-hydrogen) atoms. The molecule has 126 valence electrons. The summed E-state index contributed by atoms with van der Waals surface area (Å²) in [4.78, 5) is 16.9. The normalized spacial score (nSPS) is 12.2. The Bertz CT molecular complexity index is 964. The van der Waals surface area contributed by atoms with Crippen LogP contribution in [0.5, 0.6) is 11.5 Å². The van der Waals surface area contributed by atoms with Crippen LogP contribution in [0, 0.1) is 6.92 Å². The molecule has 1 aromatic heterocycles. The Hall–Kier alpha value is -3.28. The SMILES string of the molecule is Cc1ccc(CNc2nccn(-c3ccc4c(c3)OCO4)c2=O)cc1. The van der Waals surface area contributed by atoms with Gasteiger partial charge in [-0.2, -0.15) is 0 Å². The minimum atomic E-state index is -0.214. The maximum atomic E-state index is 12.7. The van der Waals surface area contributed by atoms with Crippen LogP contribution in [0.4, 0.5) is 5.82 Å². The van der Waals surface area contributed by atoms with E-state index in [1.165, 1.54) is 10.1 Å². The van der Waals surface area contributed by atoms with Crippen LogP contribution in [0.25, 0.3) is 5.69 Å². The molecular weight excluding hydrogens is 318 g/mol. The lowest BCUT2D eigenvalue weighted by Crippen LogP contribution is -2.23. The lowest BCUT2D eigenvalue weighted by Gasteiger charge is -2.10. The molecule has 6 heteroatoms. The summed E-state index contributed by atoms with van der Waals surface area (Å²) in [6.45, 7) is 2.78. The Morgan fingerprint density at radius 2 is 1.92 bits per heavy atom. The van der Waals surface area contributed by atoms with Crippen molar-refractivity contribution in [1.82, 2.24) is 9.55 Å². The van der Waals surface area contributed by atoms with Crippen LogP contribution in [0.2, 0.25) is 0 Å². The van der Waals surface area contributed by atoms with Gasteiger partial charge in [-0.25, -0.2) is 4.98 Å². The second kappa shape index (κ2) is 6.32. The first kappa shape index (κ1) is 15.3. The zero-order valence-electron chi connectivity index (χ0n) is 13.7. The van der Waals surface area contributed by atoms with Crippen molar-refractivity contribution in [3.05, 3.63) is 76.3 Å². The Kier molecular flexibility index (Phi) is 3.85. The predicted octanol–water partition coefficient (Wildman–Crippen LogP) is 2.88. The molecule has 0 fully saturated rings. The highest BCUT2D eigenvalue weighted by atomic mass is 16.7. The molecule has 0 unspecified atom stereocenters. The van der Waals surface area contributed by atoms with E-state index in [1.807, 2.05) is 37.3 Å². The van der Waals surface area contributed by atoms with Crippen molar-refractivity contribution in [2.45, 2.75) is 13.5 Å². The number of nitrogens with zero attached hydrogens (tertiary/aromatic N) is 2. The minimum absolute atomic E-state index is 0.202. The Balaban J connectivity index is 1.60. The summed E-state index contributed by atoms with van der Waals surface area (Å²) in [5.41, 5.74) is 2.78. The van der Waals surface area contributed by atoms with Crippen molar-refractivity contribution < 1.29 is 9.47 Å². The topological polar surface area (TPSA) is 65.4 Å². The molecule has 0 aliphatic carbocycles. The van der Waals surface area contributed by atoms with Gasteiger partial charge in [-0.15, -0.1) is 0 Å². The zero-order valence-corrected chi connectivity index (χ0v) is 13.7. The van der Waals surface area contributed by atoms with Crippen LogP contribution in [0.1, 0.15) is 11.1 Å². The molecule has 0 amide bonds. The fourth-order valence-corrected chi connectivity index (χ4v) is 2.66. The molecule has 3 aromatic rings. The molecule has 0 saturated carbocycles. The van der Waals surface area contributed by atoms with Crippen LogP contribution in [0.3, 0.4) is 0 Å². The molecule has 0 spiro atoms. The molecule has 0 bridgehead atoms. The van der Waals surface area contributed by atoms with Crippen molar-refractivity contribution in [3.63, 3.8) is 0 Å². The molecule has 1 aliphatic rings. The first-order valence-electron chi connectivity index (χ1n) is 7.98. The van der Waals surface area contributed by atoms with E-state index in [0.717, 1.165) is 5.56 Å². The number of aryl methyl sites for hydroxylation is 1. The van der Waals surface area contributed by atoms with Gasteiger partial charge < -0.3 is 14.8 Å². The lowest BCUT2D eigenvalue weighted by atomic mass is 10.1. The van der Waals surface area contributed by atoms with Crippen LogP contribution >= 0.6 is 0 Å². The van der Waals surface area contributed by atoms with Crippen molar-refractivity contribution >= 4 is 5.82 Å². The van der Waals surface area contributed by atoms with E-state index >= 15 is 0 Å². The third kappa shape index (κ3) is 3.06. The van der Waals surface area contributed by atoms with E-state index in [9.17, 15) is 4.79 Å². The number of anilines is 1. The molecule has 0 atom stereocenters. The summed E-state index contributed by atoms with van der Waals surface area (Å²) >= 11 is 0. The summed E-state index contributed by atoms with van der Waals surface area (Å²) in [7, 11) is 0. The summed E-state index contributed by atoms with van der Waals surface area (Å²) in [5.74, 6) is 1.62. The van der Waals surface area contributed by atoms with E-state index in [-0.39, 0.29) is 12.4 Å². The van der Waals surface area contributed by atoms with Gasteiger partial charge in [0.25, 0.3) is 5.56 Å². The van der Waals surface area contributed by atoms with Crippen LogP contribution in [0.15, 0.2) is 59.7 Å². The van der Waals surface area contributed by atoms with Crippen LogP contribution < -0.4 is 20.3 Å². The van der Waals surface area contributed by atoms with Crippen molar-refractivity contribution in [3.8, 4) is 17.2 Å². The van der Waals surface area contributed by atoms with E-state index in [2.05, 4.69) is 10.3 Å². The number of rotatable bonds is 4. The molecule has 4 rings (SSSR count). The fraction of sp³-hybridized carbons (Fsp3) is 0.158. The molecule has 6 nitrogen and oxygen atoms in total. The average molecular weight is 335 g/mol. The number of benzene rings is 2. The van der Waals surface area contributed by atoms with Crippen molar-refractivity contribution in [1.29, 1.82) is 0 Å². The van der Waals surface area contributed by atoms with Gasteiger partial charge in [0.2, 0.25) is 6.79 Å². The predicted molar refractivity (Wildman–Crippen MR) is 94.5 cm³/mol. The third-order valence-corrected chi connectivity index (χ3v) is 4.06. The Morgan fingerprint density at radius 3 is 2.76 bits per heavy atom. The molecule has 0 radical (unpaired) electrons. The zero-order chi connectivity index (χ0) is 17.2. The van der Waals surface area contributed by atoms with Crippen LogP contribution in [-0.4, -0.2) is 16.3 Å². The second-order valence-corrected chi connectivity index (χ2v) is 5.83. The van der Waals surface area contributed by atoms with Gasteiger partial charge in [0.1, 0.15) is 0 Å². The van der Waals surface area contributed by atoms with Crippen molar-refractivity contribution in [2.24, 2.45) is 0 Å². The number of nitrogens with one attached hydrogen (secondary N) is 1. The number of fused-ring (bicyclic) bond motifs is 1. The molecular formula is C19H17N3O3. The monoisotopic (exact) mass is 335 g/mol. The molecule has 0 saturated heterocycles. The highest BCUT2D eigenvalue weighted by Gasteiger charge is 2.15. The highest BCUT2D eigenvalue weighted by Crippen LogP contribution is 2.33. The number of ether oxygens (including phenoxy) is 2. The molecule has 2 aromatic carbocycles. The first-order valence-corrected chi connectivity index (χ1v) is 7.98. The van der Waals surface area contributed by atoms with Crippen molar-refractivity contribution in [2.75, 3.05) is 12.1 Å². The first-order chi connectivity index (χ1) is 12.2. The lowest BCUT2D eigenvalue weighted by molar-refractivity contribution is 0.174. The maximum Gasteiger partial charge on any atom is 0.297 e. The van der Waals surface area contributed by atoms with Gasteiger partial charge in [-0.05, 0) is 24.6 Å². The van der Waals surface area contributed by atoms with E-state index in [1.54, 1.807) is 24.5 Å². The number of aromatic nitrogens is 2. The van der Waals surface area contributed by atoms with Gasteiger partial charge in [-0.1, -0.05) is 29.8 Å². The van der Waals surface area contributed by atoms with E-state index < -0.39 is 0 Å². The smallest absolute Gasteiger partial charge is 0.297 e. The summed E-state index contributed by atoms with van der Waals surface area (Å²) in [6.07, 6.45) is 3.24. The largest absolute Gasteiger partial charge is 0.454 e. The second-order valence-electron chi connectivity index (χ2n) is 5.83. The average Bonchev–Trinajstić information content (AvgIpc) is 3.10. The van der Waals surface area contributed by atoms with Gasteiger partial charge in [0, 0.05) is 25.0 Å². The summed E-state index contributed by atoms with van der Waals surface area (Å²) in [6, 6.07) is 13.5.